The number of nitrogens with zero attached hydrogens (tertiary/aromatic N) is 2. The van der Waals surface area contributed by atoms with Gasteiger partial charge >= 0.3 is 0 Å². The van der Waals surface area contributed by atoms with Crippen LogP contribution in [0.15, 0.2) is 6.33 Å². The number of hydrogen-bond acceptors (Lipinski definition) is 5. The summed E-state index contributed by atoms with van der Waals surface area (Å²) >= 11 is 0. The number of hydrogen-bond donors (Lipinski definition) is 3. The average molecular weight is 251 g/mol. The predicted octanol–water partition coefficient (Wildman–Crippen LogP) is 2.56. The van der Waals surface area contributed by atoms with Gasteiger partial charge in [-0.3, -0.25) is 0 Å². The van der Waals surface area contributed by atoms with Crippen molar-refractivity contribution in [1.29, 1.82) is 0 Å². The van der Waals surface area contributed by atoms with Crippen molar-refractivity contribution in [3.05, 3.63) is 11.9 Å². The van der Waals surface area contributed by atoms with Crippen LogP contribution in [-0.2, 0) is 6.42 Å². The van der Waals surface area contributed by atoms with E-state index in [0.717, 1.165) is 36.7 Å². The van der Waals surface area contributed by atoms with Crippen molar-refractivity contribution >= 4 is 11.6 Å². The van der Waals surface area contributed by atoms with Gasteiger partial charge in [-0.05, 0) is 18.8 Å². The first-order valence-electron chi connectivity index (χ1n) is 6.73. The minimum absolute atomic E-state index is 0.706. The molecule has 1 rings (SSSR count). The number of nitrogen functional groups attached to an aromatic ring is 1. The molecule has 0 bridgehead atoms. The number of nitrogens with one attached hydrogen (secondary N) is 2. The summed E-state index contributed by atoms with van der Waals surface area (Å²) in [4.78, 5) is 8.38. The zero-order valence-corrected chi connectivity index (χ0v) is 11.7. The Morgan fingerprint density at radius 1 is 1.22 bits per heavy atom. The second-order valence-corrected chi connectivity index (χ2v) is 4.86. The maximum absolute atomic E-state index is 5.44. The van der Waals surface area contributed by atoms with Gasteiger partial charge in [0.05, 0.1) is 0 Å². The molecule has 0 saturated heterocycles. The molecule has 0 fully saturated rings. The molecule has 0 aliphatic rings. The maximum atomic E-state index is 5.44. The maximum Gasteiger partial charge on any atom is 0.148 e. The highest BCUT2D eigenvalue weighted by Gasteiger charge is 2.07. The molecule has 0 radical (unpaired) electrons. The highest BCUT2D eigenvalue weighted by atomic mass is 15.3. The Morgan fingerprint density at radius 2 is 1.94 bits per heavy atom. The minimum atomic E-state index is 0.706. The Balaban J connectivity index is 2.46. The monoisotopic (exact) mass is 251 g/mol. The van der Waals surface area contributed by atoms with Crippen LogP contribution in [0.25, 0.3) is 0 Å². The number of anilines is 2. The molecule has 0 aliphatic heterocycles. The molecule has 0 spiro atoms. The summed E-state index contributed by atoms with van der Waals surface area (Å²) in [6.45, 7) is 7.53. The van der Waals surface area contributed by atoms with Gasteiger partial charge in [-0.1, -0.05) is 33.6 Å². The number of rotatable bonds is 8. The Kier molecular flexibility index (Phi) is 6.43. The quantitative estimate of drug-likeness (QED) is 0.376. The van der Waals surface area contributed by atoms with Gasteiger partial charge in [-0.15, -0.1) is 0 Å². The van der Waals surface area contributed by atoms with Crippen LogP contribution in [0, 0.1) is 5.92 Å². The average Bonchev–Trinajstić information content (AvgIpc) is 2.37. The Bertz CT molecular complexity index is 351. The molecule has 0 saturated carbocycles. The van der Waals surface area contributed by atoms with E-state index in [2.05, 4.69) is 41.5 Å². The van der Waals surface area contributed by atoms with E-state index in [4.69, 9.17) is 5.84 Å². The van der Waals surface area contributed by atoms with Gasteiger partial charge in [-0.2, -0.15) is 0 Å². The van der Waals surface area contributed by atoms with Crippen LogP contribution in [0.5, 0.6) is 0 Å². The van der Waals surface area contributed by atoms with E-state index in [1.807, 2.05) is 0 Å². The minimum Gasteiger partial charge on any atom is -0.370 e. The van der Waals surface area contributed by atoms with Crippen LogP contribution in [0.3, 0.4) is 0 Å². The van der Waals surface area contributed by atoms with Crippen molar-refractivity contribution in [1.82, 2.24) is 9.97 Å². The molecule has 0 aromatic carbocycles. The van der Waals surface area contributed by atoms with Gasteiger partial charge in [0.1, 0.15) is 18.0 Å². The van der Waals surface area contributed by atoms with Gasteiger partial charge in [0, 0.05) is 12.1 Å². The van der Waals surface area contributed by atoms with Crippen LogP contribution in [0.4, 0.5) is 11.6 Å². The fourth-order valence-electron chi connectivity index (χ4n) is 1.91. The Labute approximate surface area is 110 Å². The second-order valence-electron chi connectivity index (χ2n) is 4.86. The SMILES string of the molecule is CCc1c(NN)ncnc1NCCCCC(C)C. The first-order valence-corrected chi connectivity index (χ1v) is 6.73. The summed E-state index contributed by atoms with van der Waals surface area (Å²) in [7, 11) is 0. The smallest absolute Gasteiger partial charge is 0.148 e. The predicted molar refractivity (Wildman–Crippen MR) is 76.4 cm³/mol. The zero-order valence-electron chi connectivity index (χ0n) is 11.7. The van der Waals surface area contributed by atoms with Crippen LogP contribution < -0.4 is 16.6 Å². The van der Waals surface area contributed by atoms with E-state index in [1.165, 1.54) is 19.2 Å². The topological polar surface area (TPSA) is 75.9 Å². The molecule has 0 amide bonds. The lowest BCUT2D eigenvalue weighted by Gasteiger charge is -2.12. The van der Waals surface area contributed by atoms with E-state index in [0.29, 0.717) is 5.82 Å². The fraction of sp³-hybridized carbons (Fsp3) is 0.692. The molecule has 102 valence electrons. The molecular formula is C13H25N5. The molecular weight excluding hydrogens is 226 g/mol. The van der Waals surface area contributed by atoms with Crippen molar-refractivity contribution in [3.63, 3.8) is 0 Å². The molecule has 0 aliphatic carbocycles. The van der Waals surface area contributed by atoms with Crippen LogP contribution in [0.1, 0.15) is 45.6 Å². The number of aromatic nitrogens is 2. The molecule has 5 nitrogen and oxygen atoms in total. The normalized spacial score (nSPS) is 10.7. The Morgan fingerprint density at radius 3 is 2.56 bits per heavy atom. The molecule has 5 heteroatoms. The third-order valence-corrected chi connectivity index (χ3v) is 2.94. The molecule has 0 unspecified atom stereocenters. The van der Waals surface area contributed by atoms with Crippen LogP contribution in [-0.4, -0.2) is 16.5 Å². The van der Waals surface area contributed by atoms with Crippen LogP contribution >= 0.6 is 0 Å². The number of nitrogens with two attached hydrogens (primary N) is 1. The van der Waals surface area contributed by atoms with E-state index >= 15 is 0 Å². The molecule has 1 aromatic rings. The highest BCUT2D eigenvalue weighted by molar-refractivity contribution is 5.56. The summed E-state index contributed by atoms with van der Waals surface area (Å²) < 4.78 is 0. The third kappa shape index (κ3) is 4.49. The summed E-state index contributed by atoms with van der Waals surface area (Å²) in [6.07, 6.45) is 6.08. The summed E-state index contributed by atoms with van der Waals surface area (Å²) in [6, 6.07) is 0. The molecule has 1 aromatic heterocycles. The summed E-state index contributed by atoms with van der Waals surface area (Å²) in [5, 5.41) is 3.37. The second kappa shape index (κ2) is 7.87. The molecule has 4 N–H and O–H groups in total. The van der Waals surface area contributed by atoms with Gasteiger partial charge in [0.25, 0.3) is 0 Å². The molecule has 1 heterocycles. The number of unbranched alkanes of at least 4 members (excludes halogenated alkanes) is 1. The van der Waals surface area contributed by atoms with Crippen LogP contribution in [0.2, 0.25) is 0 Å². The Hall–Kier alpha value is -1.36. The molecule has 18 heavy (non-hydrogen) atoms. The summed E-state index contributed by atoms with van der Waals surface area (Å²) in [5.74, 6) is 7.82. The van der Waals surface area contributed by atoms with Crippen molar-refractivity contribution < 1.29 is 0 Å². The number of hydrazine groups is 1. The largest absolute Gasteiger partial charge is 0.370 e. The molecule has 0 atom stereocenters. The van der Waals surface area contributed by atoms with E-state index < -0.39 is 0 Å². The standard InChI is InChI=1S/C13H25N5/c1-4-11-12(16-9-17-13(11)18-14)15-8-6-5-7-10(2)3/h9-10H,4-8,14H2,1-3H3,(H2,15,16,17,18). The van der Waals surface area contributed by atoms with Gasteiger partial charge < -0.3 is 10.7 Å². The van der Waals surface area contributed by atoms with E-state index in [1.54, 1.807) is 0 Å². The van der Waals surface area contributed by atoms with Crippen molar-refractivity contribution in [3.8, 4) is 0 Å². The zero-order chi connectivity index (χ0) is 13.4. The van der Waals surface area contributed by atoms with Crippen molar-refractivity contribution in [2.75, 3.05) is 17.3 Å². The highest BCUT2D eigenvalue weighted by Crippen LogP contribution is 2.19. The van der Waals surface area contributed by atoms with Crippen molar-refractivity contribution in [2.45, 2.75) is 46.5 Å². The lowest BCUT2D eigenvalue weighted by Crippen LogP contribution is -2.14. The summed E-state index contributed by atoms with van der Waals surface area (Å²) in [5.41, 5.74) is 3.66. The van der Waals surface area contributed by atoms with E-state index in [-0.39, 0.29) is 0 Å². The van der Waals surface area contributed by atoms with Gasteiger partial charge in [0.15, 0.2) is 0 Å². The van der Waals surface area contributed by atoms with E-state index in [9.17, 15) is 0 Å². The van der Waals surface area contributed by atoms with Crippen molar-refractivity contribution in [2.24, 2.45) is 11.8 Å². The third-order valence-electron chi connectivity index (χ3n) is 2.94. The van der Waals surface area contributed by atoms with Gasteiger partial charge in [0.2, 0.25) is 0 Å². The lowest BCUT2D eigenvalue weighted by molar-refractivity contribution is 0.544. The fourth-order valence-corrected chi connectivity index (χ4v) is 1.91. The van der Waals surface area contributed by atoms with Gasteiger partial charge in [-0.25, -0.2) is 15.8 Å². The lowest BCUT2D eigenvalue weighted by atomic mass is 10.1. The first kappa shape index (κ1) is 14.7. The first-order chi connectivity index (χ1) is 8.69.